The average Bonchev–Trinajstić information content (AvgIpc) is 2.70. The molecule has 0 fully saturated rings. The number of nitrogens with zero attached hydrogens (tertiary/aromatic N) is 1. The summed E-state index contributed by atoms with van der Waals surface area (Å²) >= 11 is 0. The second kappa shape index (κ2) is 6.94. The van der Waals surface area contributed by atoms with Crippen LogP contribution in [0.2, 0.25) is 0 Å². The summed E-state index contributed by atoms with van der Waals surface area (Å²) < 4.78 is 33.3. The minimum atomic E-state index is -3.91. The zero-order valence-corrected chi connectivity index (χ0v) is 16.2. The lowest BCUT2D eigenvalue weighted by Crippen LogP contribution is -2.39. The van der Waals surface area contributed by atoms with Crippen molar-refractivity contribution in [1.29, 1.82) is 0 Å². The van der Waals surface area contributed by atoms with Crippen LogP contribution in [0.3, 0.4) is 0 Å². The number of ether oxygens (including phenoxy) is 1. The maximum Gasteiger partial charge on any atom is 0.339 e. The van der Waals surface area contributed by atoms with E-state index in [9.17, 15) is 18.0 Å². The number of amides is 1. The summed E-state index contributed by atoms with van der Waals surface area (Å²) in [6.07, 6.45) is 2.45. The Kier molecular flexibility index (Phi) is 4.58. The Labute approximate surface area is 163 Å². The number of nitrogens with one attached hydrogen (secondary N) is 1. The highest BCUT2D eigenvalue weighted by Gasteiger charge is 2.31. The number of aryl methyl sites for hydroxylation is 2. The van der Waals surface area contributed by atoms with E-state index in [-0.39, 0.29) is 22.1 Å². The molecule has 0 saturated carbocycles. The van der Waals surface area contributed by atoms with E-state index < -0.39 is 16.0 Å². The molecule has 2 aromatic rings. The number of carbonyl (C=O) groups is 2. The first-order valence-corrected chi connectivity index (χ1v) is 10.6. The molecule has 0 radical (unpaired) electrons. The first kappa shape index (κ1) is 18.5. The summed E-state index contributed by atoms with van der Waals surface area (Å²) in [6.45, 7) is 0.676. The summed E-state index contributed by atoms with van der Waals surface area (Å²) in [6, 6.07) is 9.57. The van der Waals surface area contributed by atoms with Crippen LogP contribution in [0.5, 0.6) is 0 Å². The fourth-order valence-electron chi connectivity index (χ4n) is 3.84. The number of hydrogen-bond acceptors (Lipinski definition) is 5. The Hall–Kier alpha value is -2.87. The molecule has 8 heteroatoms. The molecule has 28 heavy (non-hydrogen) atoms. The summed E-state index contributed by atoms with van der Waals surface area (Å²) in [7, 11) is -2.67. The van der Waals surface area contributed by atoms with E-state index in [1.807, 2.05) is 0 Å². The highest BCUT2D eigenvalue weighted by Crippen LogP contribution is 2.38. The van der Waals surface area contributed by atoms with Crippen LogP contribution < -0.4 is 9.62 Å². The number of sulfonamides is 1. The number of methoxy groups -OCH3 is 1. The molecule has 0 saturated heterocycles. The van der Waals surface area contributed by atoms with E-state index >= 15 is 0 Å². The average molecular weight is 400 g/mol. The van der Waals surface area contributed by atoms with Crippen molar-refractivity contribution >= 4 is 33.3 Å². The lowest BCUT2D eigenvalue weighted by Gasteiger charge is -2.35. The van der Waals surface area contributed by atoms with Crippen molar-refractivity contribution in [3.05, 3.63) is 53.1 Å². The van der Waals surface area contributed by atoms with E-state index in [4.69, 9.17) is 4.74 Å². The number of carbonyl (C=O) groups excluding carboxylic acids is 2. The fourth-order valence-corrected chi connectivity index (χ4v) is 5.02. The SMILES string of the molecule is COC(=O)c1ccccc1NS(=O)(=O)c1cc2c3c(c1)CCC(=O)N3CCC2. The van der Waals surface area contributed by atoms with Crippen molar-refractivity contribution in [2.24, 2.45) is 0 Å². The molecule has 4 rings (SSSR count). The molecule has 0 unspecified atom stereocenters. The summed E-state index contributed by atoms with van der Waals surface area (Å²) in [5.41, 5.74) is 2.93. The van der Waals surface area contributed by atoms with Gasteiger partial charge in [0.1, 0.15) is 0 Å². The van der Waals surface area contributed by atoms with E-state index in [1.54, 1.807) is 29.2 Å². The van der Waals surface area contributed by atoms with E-state index in [1.165, 1.54) is 19.2 Å². The zero-order valence-electron chi connectivity index (χ0n) is 15.4. The molecular weight excluding hydrogens is 380 g/mol. The Morgan fingerprint density at radius 1 is 1.11 bits per heavy atom. The molecule has 0 bridgehead atoms. The largest absolute Gasteiger partial charge is 0.465 e. The van der Waals surface area contributed by atoms with Crippen molar-refractivity contribution in [2.75, 3.05) is 23.3 Å². The molecule has 7 nitrogen and oxygen atoms in total. The molecule has 146 valence electrons. The maximum absolute atomic E-state index is 13.0. The number of esters is 1. The van der Waals surface area contributed by atoms with E-state index in [0.29, 0.717) is 19.4 Å². The van der Waals surface area contributed by atoms with Crippen LogP contribution in [0.25, 0.3) is 0 Å². The van der Waals surface area contributed by atoms with Gasteiger partial charge in [-0.2, -0.15) is 0 Å². The molecule has 0 atom stereocenters. The van der Waals surface area contributed by atoms with Gasteiger partial charge in [-0.3, -0.25) is 9.52 Å². The van der Waals surface area contributed by atoms with Crippen LogP contribution in [-0.2, 0) is 32.4 Å². The van der Waals surface area contributed by atoms with Crippen molar-refractivity contribution in [3.63, 3.8) is 0 Å². The van der Waals surface area contributed by atoms with Crippen LogP contribution in [0.4, 0.5) is 11.4 Å². The van der Waals surface area contributed by atoms with Gasteiger partial charge in [-0.1, -0.05) is 12.1 Å². The van der Waals surface area contributed by atoms with Gasteiger partial charge in [0.25, 0.3) is 10.0 Å². The molecule has 2 aliphatic rings. The minimum absolute atomic E-state index is 0.0918. The number of hydrogen-bond donors (Lipinski definition) is 1. The number of anilines is 2. The van der Waals surface area contributed by atoms with Gasteiger partial charge in [0.05, 0.1) is 28.9 Å². The summed E-state index contributed by atoms with van der Waals surface area (Å²) in [4.78, 5) is 26.0. The van der Waals surface area contributed by atoms with Crippen LogP contribution in [-0.4, -0.2) is 33.9 Å². The van der Waals surface area contributed by atoms with Crippen molar-refractivity contribution < 1.29 is 22.7 Å². The highest BCUT2D eigenvalue weighted by atomic mass is 32.2. The number of para-hydroxylation sites is 1. The van der Waals surface area contributed by atoms with Gasteiger partial charge in [0.15, 0.2) is 0 Å². The van der Waals surface area contributed by atoms with Crippen LogP contribution >= 0.6 is 0 Å². The molecule has 0 aromatic heterocycles. The van der Waals surface area contributed by atoms with Crippen molar-refractivity contribution in [2.45, 2.75) is 30.6 Å². The topological polar surface area (TPSA) is 92.8 Å². The molecule has 0 spiro atoms. The van der Waals surface area contributed by atoms with Gasteiger partial charge in [-0.25, -0.2) is 13.2 Å². The quantitative estimate of drug-likeness (QED) is 0.796. The van der Waals surface area contributed by atoms with Gasteiger partial charge in [0.2, 0.25) is 5.91 Å². The predicted octanol–water partition coefficient (Wildman–Crippen LogP) is 2.50. The van der Waals surface area contributed by atoms with E-state index in [0.717, 1.165) is 29.7 Å². The first-order valence-electron chi connectivity index (χ1n) is 9.07. The standard InChI is InChI=1S/C20H20N2O5S/c1-27-20(24)16-6-2-3-7-17(16)21-28(25,26)15-11-13-5-4-10-22-18(23)9-8-14(12-15)19(13)22/h2-3,6-7,11-12,21H,4-5,8-10H2,1H3. The monoisotopic (exact) mass is 400 g/mol. The first-order chi connectivity index (χ1) is 13.4. The van der Waals surface area contributed by atoms with Crippen molar-refractivity contribution in [3.8, 4) is 0 Å². The highest BCUT2D eigenvalue weighted by molar-refractivity contribution is 7.92. The normalized spacial score (nSPS) is 15.8. The number of benzene rings is 2. The van der Waals surface area contributed by atoms with Gasteiger partial charge in [-0.05, 0) is 54.7 Å². The van der Waals surface area contributed by atoms with Gasteiger partial charge in [0, 0.05) is 13.0 Å². The third-order valence-electron chi connectivity index (χ3n) is 5.14. The molecule has 1 N–H and O–H groups in total. The molecule has 2 aliphatic heterocycles. The second-order valence-electron chi connectivity index (χ2n) is 6.88. The second-order valence-corrected chi connectivity index (χ2v) is 8.56. The molecule has 0 aliphatic carbocycles. The Morgan fingerprint density at radius 3 is 2.57 bits per heavy atom. The Bertz CT molecular complexity index is 1060. The van der Waals surface area contributed by atoms with Gasteiger partial charge >= 0.3 is 5.97 Å². The lowest BCUT2D eigenvalue weighted by atomic mass is 9.92. The van der Waals surface area contributed by atoms with Crippen LogP contribution in [0.15, 0.2) is 41.3 Å². The number of rotatable bonds is 4. The Morgan fingerprint density at radius 2 is 1.82 bits per heavy atom. The van der Waals surface area contributed by atoms with Gasteiger partial charge in [-0.15, -0.1) is 0 Å². The molecule has 1 amide bonds. The van der Waals surface area contributed by atoms with Crippen LogP contribution in [0, 0.1) is 0 Å². The predicted molar refractivity (Wildman–Crippen MR) is 104 cm³/mol. The van der Waals surface area contributed by atoms with Crippen molar-refractivity contribution in [1.82, 2.24) is 0 Å². The van der Waals surface area contributed by atoms with Gasteiger partial charge < -0.3 is 9.64 Å². The minimum Gasteiger partial charge on any atom is -0.465 e. The third-order valence-corrected chi connectivity index (χ3v) is 6.48. The molecule has 2 heterocycles. The van der Waals surface area contributed by atoms with E-state index in [2.05, 4.69) is 4.72 Å². The third kappa shape index (κ3) is 3.13. The smallest absolute Gasteiger partial charge is 0.339 e. The molecule has 2 aromatic carbocycles. The fraction of sp³-hybridized carbons (Fsp3) is 0.300. The summed E-state index contributed by atoms with van der Waals surface area (Å²) in [5, 5.41) is 0. The Balaban J connectivity index is 1.74. The zero-order chi connectivity index (χ0) is 19.9. The maximum atomic E-state index is 13.0. The summed E-state index contributed by atoms with van der Waals surface area (Å²) in [5.74, 6) is -0.526. The molecular formula is C20H20N2O5S. The lowest BCUT2D eigenvalue weighted by molar-refractivity contribution is -0.119. The van der Waals surface area contributed by atoms with Crippen LogP contribution in [0.1, 0.15) is 34.3 Å².